The summed E-state index contributed by atoms with van der Waals surface area (Å²) < 4.78 is 1.79. The molecule has 0 saturated carbocycles. The summed E-state index contributed by atoms with van der Waals surface area (Å²) in [6.07, 6.45) is 0.810. The molecule has 1 amide bonds. The number of nitrogens with zero attached hydrogens (tertiary/aromatic N) is 5. The van der Waals surface area contributed by atoms with E-state index in [9.17, 15) is 4.79 Å². The second kappa shape index (κ2) is 10.7. The fourth-order valence-corrected chi connectivity index (χ4v) is 4.23. The Labute approximate surface area is 188 Å². The van der Waals surface area contributed by atoms with Gasteiger partial charge in [0.05, 0.1) is 5.75 Å². The first-order valence-corrected chi connectivity index (χ1v) is 11.8. The molecule has 0 aliphatic carbocycles. The van der Waals surface area contributed by atoms with Crippen molar-refractivity contribution in [3.63, 3.8) is 0 Å². The van der Waals surface area contributed by atoms with Crippen molar-refractivity contribution >= 4 is 23.4 Å². The second-order valence-electron chi connectivity index (χ2n) is 7.64. The van der Waals surface area contributed by atoms with Crippen LogP contribution in [0.2, 0.25) is 0 Å². The first kappa shape index (κ1) is 23.2. The molecule has 0 fully saturated rings. The zero-order chi connectivity index (χ0) is 22.4. The van der Waals surface area contributed by atoms with E-state index in [1.807, 2.05) is 6.92 Å². The molecule has 7 nitrogen and oxygen atoms in total. The number of nitrogens with one attached hydrogen (secondary N) is 1. The van der Waals surface area contributed by atoms with Crippen LogP contribution in [0.25, 0.3) is 5.78 Å². The van der Waals surface area contributed by atoms with E-state index in [0.29, 0.717) is 23.2 Å². The van der Waals surface area contributed by atoms with Crippen LogP contribution in [0.15, 0.2) is 29.4 Å². The van der Waals surface area contributed by atoms with Gasteiger partial charge in [-0.3, -0.25) is 4.79 Å². The normalized spacial score (nSPS) is 11.4. The predicted molar refractivity (Wildman–Crippen MR) is 126 cm³/mol. The number of amides is 1. The predicted octanol–water partition coefficient (Wildman–Crippen LogP) is 3.19. The number of fused-ring (bicyclic) bond motifs is 1. The summed E-state index contributed by atoms with van der Waals surface area (Å²) in [5.41, 5.74) is 5.71. The van der Waals surface area contributed by atoms with Crippen molar-refractivity contribution in [3.05, 3.63) is 52.3 Å². The average molecular weight is 441 g/mol. The highest BCUT2D eigenvalue weighted by atomic mass is 32.2. The van der Waals surface area contributed by atoms with E-state index >= 15 is 0 Å². The lowest BCUT2D eigenvalue weighted by Crippen LogP contribution is -2.35. The third-order valence-corrected chi connectivity index (χ3v) is 6.47. The highest BCUT2D eigenvalue weighted by Gasteiger charge is 2.15. The zero-order valence-corrected chi connectivity index (χ0v) is 19.9. The Hall–Kier alpha value is -2.45. The highest BCUT2D eigenvalue weighted by Crippen LogP contribution is 2.21. The minimum absolute atomic E-state index is 0.00267. The standard InChI is InChI=1S/C23H32N6OS/c1-6-28(7-2)13-12-24-21(30)15-31-23-26-22-25-17(4)20(18(5)29(22)27-23)14-19-11-9-8-10-16(19)3/h8-11H,6-7,12-15H2,1-5H3,(H,24,30). The molecule has 0 aliphatic heterocycles. The maximum atomic E-state index is 12.2. The number of aryl methyl sites for hydroxylation is 3. The van der Waals surface area contributed by atoms with Crippen LogP contribution in [-0.4, -0.2) is 62.3 Å². The van der Waals surface area contributed by atoms with E-state index in [4.69, 9.17) is 0 Å². The lowest BCUT2D eigenvalue weighted by atomic mass is 9.99. The van der Waals surface area contributed by atoms with Crippen molar-refractivity contribution in [2.24, 2.45) is 0 Å². The topological polar surface area (TPSA) is 75.4 Å². The molecule has 0 radical (unpaired) electrons. The number of likely N-dealkylation sites (N-methyl/N-ethyl adjacent to an activating group) is 1. The van der Waals surface area contributed by atoms with Gasteiger partial charge >= 0.3 is 0 Å². The van der Waals surface area contributed by atoms with Gasteiger partial charge in [-0.1, -0.05) is 49.9 Å². The third-order valence-electron chi connectivity index (χ3n) is 5.63. The van der Waals surface area contributed by atoms with E-state index in [-0.39, 0.29) is 5.91 Å². The summed E-state index contributed by atoms with van der Waals surface area (Å²) in [5.74, 6) is 0.869. The van der Waals surface area contributed by atoms with E-state index in [1.165, 1.54) is 22.9 Å². The van der Waals surface area contributed by atoms with Gasteiger partial charge < -0.3 is 10.2 Å². The van der Waals surface area contributed by atoms with Gasteiger partial charge in [0.25, 0.3) is 5.78 Å². The average Bonchev–Trinajstić information content (AvgIpc) is 3.17. The molecule has 3 aromatic rings. The van der Waals surface area contributed by atoms with E-state index in [2.05, 4.69) is 77.2 Å². The van der Waals surface area contributed by atoms with Gasteiger partial charge in [0.1, 0.15) is 0 Å². The molecule has 0 aliphatic rings. The van der Waals surface area contributed by atoms with Gasteiger partial charge in [-0.05, 0) is 50.6 Å². The Kier molecular flexibility index (Phi) is 8.03. The lowest BCUT2D eigenvalue weighted by molar-refractivity contribution is -0.118. The maximum Gasteiger partial charge on any atom is 0.253 e. The van der Waals surface area contributed by atoms with Crippen molar-refractivity contribution in [1.29, 1.82) is 0 Å². The molecule has 31 heavy (non-hydrogen) atoms. The maximum absolute atomic E-state index is 12.2. The van der Waals surface area contributed by atoms with Gasteiger partial charge in [-0.2, -0.15) is 4.98 Å². The zero-order valence-electron chi connectivity index (χ0n) is 19.1. The molecule has 8 heteroatoms. The molecule has 0 unspecified atom stereocenters. The van der Waals surface area contributed by atoms with Crippen molar-refractivity contribution in [2.75, 3.05) is 31.9 Å². The number of carbonyl (C=O) groups is 1. The fraction of sp³-hybridized carbons (Fsp3) is 0.478. The molecule has 0 saturated heterocycles. The van der Waals surface area contributed by atoms with Crippen LogP contribution in [0.3, 0.4) is 0 Å². The van der Waals surface area contributed by atoms with Crippen molar-refractivity contribution in [1.82, 2.24) is 29.8 Å². The molecule has 2 heterocycles. The summed E-state index contributed by atoms with van der Waals surface area (Å²) >= 11 is 1.34. The Morgan fingerprint density at radius 1 is 1.13 bits per heavy atom. The molecule has 3 rings (SSSR count). The van der Waals surface area contributed by atoms with Gasteiger partial charge in [0.15, 0.2) is 0 Å². The third kappa shape index (κ3) is 5.83. The van der Waals surface area contributed by atoms with E-state index in [0.717, 1.165) is 43.0 Å². The molecule has 0 atom stereocenters. The van der Waals surface area contributed by atoms with Crippen LogP contribution in [0.4, 0.5) is 0 Å². The Balaban J connectivity index is 1.66. The summed E-state index contributed by atoms with van der Waals surface area (Å²) in [7, 11) is 0. The van der Waals surface area contributed by atoms with Crippen molar-refractivity contribution in [3.8, 4) is 0 Å². The summed E-state index contributed by atoms with van der Waals surface area (Å²) in [6.45, 7) is 13.9. The molecule has 1 aromatic carbocycles. The number of hydrogen-bond donors (Lipinski definition) is 1. The molecule has 2 aromatic heterocycles. The van der Waals surface area contributed by atoms with Gasteiger partial charge in [0, 0.05) is 30.9 Å². The summed E-state index contributed by atoms with van der Waals surface area (Å²) in [5, 5.41) is 8.14. The molecule has 0 spiro atoms. The van der Waals surface area contributed by atoms with Gasteiger partial charge in [0.2, 0.25) is 11.1 Å². The van der Waals surface area contributed by atoms with Gasteiger partial charge in [-0.15, -0.1) is 5.10 Å². The number of hydrogen-bond acceptors (Lipinski definition) is 6. The Bertz CT molecular complexity index is 1040. The minimum Gasteiger partial charge on any atom is -0.354 e. The first-order chi connectivity index (χ1) is 14.9. The van der Waals surface area contributed by atoms with Crippen LogP contribution in [0, 0.1) is 20.8 Å². The van der Waals surface area contributed by atoms with Crippen LogP contribution in [0.1, 0.15) is 41.9 Å². The Morgan fingerprint density at radius 2 is 1.87 bits per heavy atom. The van der Waals surface area contributed by atoms with Crippen LogP contribution < -0.4 is 5.32 Å². The molecular formula is C23H32N6OS. The molecule has 166 valence electrons. The van der Waals surface area contributed by atoms with Crippen molar-refractivity contribution in [2.45, 2.75) is 46.2 Å². The molecule has 1 N–H and O–H groups in total. The summed E-state index contributed by atoms with van der Waals surface area (Å²) in [6, 6.07) is 8.40. The van der Waals surface area contributed by atoms with E-state index < -0.39 is 0 Å². The largest absolute Gasteiger partial charge is 0.354 e. The van der Waals surface area contributed by atoms with Crippen LogP contribution >= 0.6 is 11.8 Å². The number of carbonyl (C=O) groups excluding carboxylic acids is 1. The molecule has 0 bridgehead atoms. The molecular weight excluding hydrogens is 408 g/mol. The minimum atomic E-state index is -0.00267. The number of benzene rings is 1. The fourth-order valence-electron chi connectivity index (χ4n) is 3.58. The smallest absolute Gasteiger partial charge is 0.253 e. The first-order valence-electron chi connectivity index (χ1n) is 10.8. The number of rotatable bonds is 10. The summed E-state index contributed by atoms with van der Waals surface area (Å²) in [4.78, 5) is 23.6. The number of thioether (sulfide) groups is 1. The Morgan fingerprint density at radius 3 is 2.58 bits per heavy atom. The van der Waals surface area contributed by atoms with Gasteiger partial charge in [-0.25, -0.2) is 9.50 Å². The SMILES string of the molecule is CCN(CC)CCNC(=O)CSc1nc2nc(C)c(Cc3ccccc3C)c(C)n2n1. The highest BCUT2D eigenvalue weighted by molar-refractivity contribution is 7.99. The number of aromatic nitrogens is 4. The lowest BCUT2D eigenvalue weighted by Gasteiger charge is -2.17. The quantitative estimate of drug-likeness (QED) is 0.488. The second-order valence-corrected chi connectivity index (χ2v) is 8.58. The monoisotopic (exact) mass is 440 g/mol. The van der Waals surface area contributed by atoms with Crippen molar-refractivity contribution < 1.29 is 4.79 Å². The van der Waals surface area contributed by atoms with Crippen LogP contribution in [0.5, 0.6) is 0 Å². The van der Waals surface area contributed by atoms with Crippen LogP contribution in [-0.2, 0) is 11.2 Å². The van der Waals surface area contributed by atoms with E-state index in [1.54, 1.807) is 4.52 Å².